The highest BCUT2D eigenvalue weighted by Gasteiger charge is 2.14. The summed E-state index contributed by atoms with van der Waals surface area (Å²) < 4.78 is 0. The van der Waals surface area contributed by atoms with Gasteiger partial charge in [-0.25, -0.2) is 0 Å². The van der Waals surface area contributed by atoms with E-state index in [2.05, 4.69) is 4.98 Å². The Balaban J connectivity index is 2.63. The molecule has 17 heavy (non-hydrogen) atoms. The largest absolute Gasteiger partial charge is 0.395 e. The Labute approximate surface area is 98.5 Å². The molecular formula is C10H15N3O4. The number of pyridine rings is 1. The van der Waals surface area contributed by atoms with Crippen molar-refractivity contribution in [2.24, 2.45) is 0 Å². The van der Waals surface area contributed by atoms with Gasteiger partial charge in [0.2, 0.25) is 0 Å². The topological polar surface area (TPSA) is 99.7 Å². The lowest BCUT2D eigenvalue weighted by Crippen LogP contribution is -2.27. The Hall–Kier alpha value is -1.57. The molecule has 0 saturated heterocycles. The van der Waals surface area contributed by atoms with E-state index in [1.165, 1.54) is 18.3 Å². The lowest BCUT2D eigenvalue weighted by molar-refractivity contribution is -0.389. The van der Waals surface area contributed by atoms with Crippen molar-refractivity contribution in [3.8, 4) is 0 Å². The molecule has 94 valence electrons. The Bertz CT molecular complexity index is 368. The average Bonchev–Trinajstić information content (AvgIpc) is 2.29. The summed E-state index contributed by atoms with van der Waals surface area (Å²) in [5.41, 5.74) is 0.514. The van der Waals surface area contributed by atoms with Crippen molar-refractivity contribution in [2.45, 2.75) is 6.10 Å². The van der Waals surface area contributed by atoms with Crippen molar-refractivity contribution >= 4 is 5.82 Å². The first-order chi connectivity index (χ1) is 8.04. The number of aliphatic hydroxyl groups is 2. The fourth-order valence-electron chi connectivity index (χ4n) is 1.37. The maximum absolute atomic E-state index is 10.4. The molecule has 7 nitrogen and oxygen atoms in total. The van der Waals surface area contributed by atoms with Gasteiger partial charge < -0.3 is 25.2 Å². The summed E-state index contributed by atoms with van der Waals surface area (Å²) >= 11 is 0. The first-order valence-corrected chi connectivity index (χ1v) is 5.12. The molecule has 0 bridgehead atoms. The molecular weight excluding hydrogens is 226 g/mol. The zero-order valence-corrected chi connectivity index (χ0v) is 9.48. The van der Waals surface area contributed by atoms with E-state index < -0.39 is 11.0 Å². The number of aliphatic hydroxyl groups excluding tert-OH is 2. The van der Waals surface area contributed by atoms with E-state index in [1.54, 1.807) is 11.9 Å². The van der Waals surface area contributed by atoms with Crippen molar-refractivity contribution < 1.29 is 15.1 Å². The second-order valence-electron chi connectivity index (χ2n) is 3.71. The minimum atomic E-state index is -0.778. The third kappa shape index (κ3) is 4.06. The number of nitro groups is 1. The van der Waals surface area contributed by atoms with Crippen LogP contribution in [0.1, 0.15) is 11.7 Å². The molecule has 1 atom stereocenters. The molecule has 1 unspecified atom stereocenters. The summed E-state index contributed by atoms with van der Waals surface area (Å²) in [7, 11) is 1.76. The molecule has 1 heterocycles. The molecule has 0 aromatic carbocycles. The van der Waals surface area contributed by atoms with Gasteiger partial charge in [0.25, 0.3) is 0 Å². The van der Waals surface area contributed by atoms with E-state index in [0.29, 0.717) is 18.7 Å². The van der Waals surface area contributed by atoms with Gasteiger partial charge in [0, 0.05) is 24.7 Å². The normalized spacial score (nSPS) is 12.7. The predicted octanol–water partition coefficient (Wildman–Crippen LogP) is -0.0527. The standard InChI is InChI=1S/C10H15N3O4/c1-12(4-5-14)7-9(15)8-2-3-10(11-6-8)13(16)17/h2-3,6,9,14-15H,4-5,7H2,1H3. The molecule has 7 heteroatoms. The molecule has 0 amide bonds. The lowest BCUT2D eigenvalue weighted by atomic mass is 10.1. The van der Waals surface area contributed by atoms with Crippen LogP contribution < -0.4 is 0 Å². The van der Waals surface area contributed by atoms with Crippen molar-refractivity contribution in [3.63, 3.8) is 0 Å². The highest BCUT2D eigenvalue weighted by atomic mass is 16.6. The van der Waals surface area contributed by atoms with Crippen LogP contribution in [0.2, 0.25) is 0 Å². The molecule has 2 N–H and O–H groups in total. The van der Waals surface area contributed by atoms with Crippen molar-refractivity contribution in [2.75, 3.05) is 26.7 Å². The Morgan fingerprint density at radius 3 is 2.76 bits per heavy atom. The van der Waals surface area contributed by atoms with Crippen LogP contribution in [0.5, 0.6) is 0 Å². The fourth-order valence-corrected chi connectivity index (χ4v) is 1.37. The van der Waals surface area contributed by atoms with Crippen molar-refractivity contribution in [3.05, 3.63) is 34.0 Å². The van der Waals surface area contributed by atoms with E-state index in [0.717, 1.165) is 0 Å². The van der Waals surface area contributed by atoms with Crippen LogP contribution in [-0.4, -0.2) is 51.8 Å². The minimum absolute atomic E-state index is 0.0156. The summed E-state index contributed by atoms with van der Waals surface area (Å²) in [5.74, 6) is -0.246. The monoisotopic (exact) mass is 241 g/mol. The van der Waals surface area contributed by atoms with Crippen LogP contribution >= 0.6 is 0 Å². The third-order valence-corrected chi connectivity index (χ3v) is 2.31. The highest BCUT2D eigenvalue weighted by Crippen LogP contribution is 2.15. The molecule has 1 rings (SSSR count). The third-order valence-electron chi connectivity index (χ3n) is 2.31. The number of rotatable bonds is 6. The van der Waals surface area contributed by atoms with Gasteiger partial charge >= 0.3 is 5.82 Å². The zero-order valence-electron chi connectivity index (χ0n) is 9.48. The quantitative estimate of drug-likeness (QED) is 0.535. The molecule has 0 aliphatic rings. The summed E-state index contributed by atoms with van der Waals surface area (Å²) in [6.45, 7) is 0.805. The van der Waals surface area contributed by atoms with E-state index in [-0.39, 0.29) is 12.4 Å². The van der Waals surface area contributed by atoms with Gasteiger partial charge in [-0.15, -0.1) is 0 Å². The second-order valence-corrected chi connectivity index (χ2v) is 3.71. The number of hydrogen-bond donors (Lipinski definition) is 2. The molecule has 0 saturated carbocycles. The zero-order chi connectivity index (χ0) is 12.8. The van der Waals surface area contributed by atoms with Crippen molar-refractivity contribution in [1.82, 2.24) is 9.88 Å². The van der Waals surface area contributed by atoms with Crippen LogP contribution in [0.3, 0.4) is 0 Å². The Morgan fingerprint density at radius 1 is 1.59 bits per heavy atom. The van der Waals surface area contributed by atoms with Gasteiger partial charge in [-0.1, -0.05) is 0 Å². The first-order valence-electron chi connectivity index (χ1n) is 5.12. The highest BCUT2D eigenvalue weighted by molar-refractivity contribution is 5.24. The van der Waals surface area contributed by atoms with Crippen LogP contribution in [-0.2, 0) is 0 Å². The average molecular weight is 241 g/mol. The van der Waals surface area contributed by atoms with E-state index in [1.807, 2.05) is 0 Å². The Morgan fingerprint density at radius 2 is 2.29 bits per heavy atom. The van der Waals surface area contributed by atoms with Crippen LogP contribution in [0.15, 0.2) is 18.3 Å². The smallest absolute Gasteiger partial charge is 0.363 e. The summed E-state index contributed by atoms with van der Waals surface area (Å²) in [5, 5.41) is 28.9. The second kappa shape index (κ2) is 6.24. The van der Waals surface area contributed by atoms with Crippen LogP contribution in [0.4, 0.5) is 5.82 Å². The van der Waals surface area contributed by atoms with E-state index >= 15 is 0 Å². The van der Waals surface area contributed by atoms with Crippen molar-refractivity contribution in [1.29, 1.82) is 0 Å². The maximum Gasteiger partial charge on any atom is 0.363 e. The lowest BCUT2D eigenvalue weighted by Gasteiger charge is -2.18. The molecule has 0 aliphatic carbocycles. The van der Waals surface area contributed by atoms with Gasteiger partial charge in [-0.3, -0.25) is 0 Å². The summed E-state index contributed by atoms with van der Waals surface area (Å²) in [6, 6.07) is 2.73. The van der Waals surface area contributed by atoms with Gasteiger partial charge in [0.1, 0.15) is 6.20 Å². The Kier molecular flexibility index (Phi) is 4.95. The first kappa shape index (κ1) is 13.5. The van der Waals surface area contributed by atoms with Crippen LogP contribution in [0, 0.1) is 10.1 Å². The van der Waals surface area contributed by atoms with E-state index in [4.69, 9.17) is 5.11 Å². The molecule has 1 aromatic heterocycles. The number of hydrogen-bond acceptors (Lipinski definition) is 6. The summed E-state index contributed by atoms with van der Waals surface area (Å²) in [6.07, 6.45) is 0.509. The van der Waals surface area contributed by atoms with Gasteiger partial charge in [-0.05, 0) is 23.0 Å². The van der Waals surface area contributed by atoms with Gasteiger partial charge in [-0.2, -0.15) is 0 Å². The molecule has 0 radical (unpaired) electrons. The maximum atomic E-state index is 10.4. The van der Waals surface area contributed by atoms with E-state index in [9.17, 15) is 15.2 Å². The fraction of sp³-hybridized carbons (Fsp3) is 0.500. The SMILES string of the molecule is CN(CCO)CC(O)c1ccc([N+](=O)[O-])nc1. The number of aromatic nitrogens is 1. The number of nitrogens with zero attached hydrogens (tertiary/aromatic N) is 3. The molecule has 1 aromatic rings. The minimum Gasteiger partial charge on any atom is -0.395 e. The number of likely N-dealkylation sites (N-methyl/N-ethyl adjacent to an activating group) is 1. The van der Waals surface area contributed by atoms with Gasteiger partial charge in [0.15, 0.2) is 0 Å². The van der Waals surface area contributed by atoms with Crippen LogP contribution in [0.25, 0.3) is 0 Å². The predicted molar refractivity (Wildman–Crippen MR) is 60.4 cm³/mol. The molecule has 0 spiro atoms. The van der Waals surface area contributed by atoms with Gasteiger partial charge in [0.05, 0.1) is 12.7 Å². The molecule has 0 aliphatic heterocycles. The molecule has 0 fully saturated rings. The summed E-state index contributed by atoms with van der Waals surface area (Å²) in [4.78, 5) is 15.2.